The van der Waals surface area contributed by atoms with Crippen LogP contribution in [0.4, 0.5) is 0 Å². The molecule has 0 rings (SSSR count). The lowest BCUT2D eigenvalue weighted by molar-refractivity contribution is -0.264. The normalized spacial score (nSPS) is 12.8. The molecule has 150 valence electrons. The highest BCUT2D eigenvalue weighted by atomic mass is 17.2. The van der Waals surface area contributed by atoms with Crippen LogP contribution in [0.15, 0.2) is 72.9 Å². The average molecular weight is 373 g/mol. The van der Waals surface area contributed by atoms with Gasteiger partial charge in [-0.05, 0) is 58.3 Å². The first-order valence-electron chi connectivity index (χ1n) is 10.1. The van der Waals surface area contributed by atoms with Crippen molar-refractivity contribution in [3.8, 4) is 0 Å². The van der Waals surface area contributed by atoms with Gasteiger partial charge in [-0.3, -0.25) is 4.89 Å². The summed E-state index contributed by atoms with van der Waals surface area (Å²) in [5.74, 6) is -0.452. The van der Waals surface area contributed by atoms with Crippen LogP contribution in [0.2, 0.25) is 0 Å². The third-order valence-corrected chi connectivity index (χ3v) is 3.41. The number of allylic oxidation sites excluding steroid dienone is 11. The van der Waals surface area contributed by atoms with Crippen LogP contribution in [0, 0.1) is 0 Å². The fourth-order valence-electron chi connectivity index (χ4n) is 2.05. The first kappa shape index (κ1) is 24.9. The van der Waals surface area contributed by atoms with E-state index in [1.165, 1.54) is 6.08 Å². The van der Waals surface area contributed by atoms with Crippen molar-refractivity contribution in [2.24, 2.45) is 0 Å². The van der Waals surface area contributed by atoms with Crippen molar-refractivity contribution in [1.82, 2.24) is 0 Å². The van der Waals surface area contributed by atoms with Crippen molar-refractivity contribution in [3.05, 3.63) is 72.9 Å². The molecule has 0 aromatic rings. The van der Waals surface area contributed by atoms with Gasteiger partial charge in [0.2, 0.25) is 0 Å². The lowest BCUT2D eigenvalue weighted by atomic mass is 10.2. The lowest BCUT2D eigenvalue weighted by Crippen LogP contribution is -2.01. The molecule has 3 heteroatoms. The molecule has 0 aromatic heterocycles. The topological polar surface area (TPSA) is 35.5 Å². The highest BCUT2D eigenvalue weighted by Crippen LogP contribution is 2.00. The molecule has 3 nitrogen and oxygen atoms in total. The monoisotopic (exact) mass is 372 g/mol. The Kier molecular flexibility index (Phi) is 20.2. The summed E-state index contributed by atoms with van der Waals surface area (Å²) in [4.78, 5) is 20.1. The maximum atomic E-state index is 11.1. The Bertz CT molecular complexity index is 508. The van der Waals surface area contributed by atoms with Crippen molar-refractivity contribution < 1.29 is 14.6 Å². The SMILES string of the molecule is CCC=CCC=CCC=CCC=CCC=CCCCC=CC(=O)OOCC. The van der Waals surface area contributed by atoms with E-state index < -0.39 is 5.97 Å². The minimum absolute atomic E-state index is 0.365. The minimum atomic E-state index is -0.452. The second-order valence-electron chi connectivity index (χ2n) is 5.85. The molecule has 0 N–H and O–H groups in total. The molecule has 0 aliphatic carbocycles. The molecule has 0 aliphatic heterocycles. The molecule has 0 unspecified atom stereocenters. The molecule has 0 bridgehead atoms. The van der Waals surface area contributed by atoms with E-state index in [0.717, 1.165) is 51.4 Å². The van der Waals surface area contributed by atoms with Gasteiger partial charge in [-0.15, -0.1) is 0 Å². The Labute approximate surface area is 165 Å². The van der Waals surface area contributed by atoms with Crippen LogP contribution in [0.3, 0.4) is 0 Å². The first-order chi connectivity index (χ1) is 13.3. The second-order valence-corrected chi connectivity index (χ2v) is 5.85. The zero-order valence-electron chi connectivity index (χ0n) is 17.0. The van der Waals surface area contributed by atoms with Gasteiger partial charge >= 0.3 is 5.97 Å². The molecule has 27 heavy (non-hydrogen) atoms. The number of hydrogen-bond acceptors (Lipinski definition) is 3. The minimum Gasteiger partial charge on any atom is -0.294 e. The molecule has 0 saturated carbocycles. The Hall–Kier alpha value is -2.13. The van der Waals surface area contributed by atoms with E-state index in [1.54, 1.807) is 6.92 Å². The molecule has 0 heterocycles. The summed E-state index contributed by atoms with van der Waals surface area (Å²) in [5, 5.41) is 0. The van der Waals surface area contributed by atoms with Gasteiger partial charge in [-0.25, -0.2) is 4.79 Å². The summed E-state index contributed by atoms with van der Waals surface area (Å²) >= 11 is 0. The van der Waals surface area contributed by atoms with Crippen molar-refractivity contribution in [2.45, 2.75) is 65.2 Å². The van der Waals surface area contributed by atoms with Crippen LogP contribution < -0.4 is 0 Å². The van der Waals surface area contributed by atoms with Crippen LogP contribution in [0.1, 0.15) is 65.2 Å². The van der Waals surface area contributed by atoms with Crippen LogP contribution >= 0.6 is 0 Å². The molecule has 0 radical (unpaired) electrons. The molecule has 0 amide bonds. The maximum Gasteiger partial charge on any atom is 0.365 e. The Balaban J connectivity index is 3.52. The van der Waals surface area contributed by atoms with Gasteiger partial charge < -0.3 is 0 Å². The van der Waals surface area contributed by atoms with Gasteiger partial charge in [0.05, 0.1) is 6.61 Å². The van der Waals surface area contributed by atoms with Gasteiger partial charge in [0.15, 0.2) is 0 Å². The molecule has 0 fully saturated rings. The van der Waals surface area contributed by atoms with E-state index in [-0.39, 0.29) is 0 Å². The van der Waals surface area contributed by atoms with E-state index in [4.69, 9.17) is 0 Å². The van der Waals surface area contributed by atoms with Gasteiger partial charge in [-0.2, -0.15) is 4.89 Å². The number of carbonyl (C=O) groups is 1. The molecular formula is C24H36O3. The number of hydrogen-bond donors (Lipinski definition) is 0. The second kappa shape index (κ2) is 21.9. The summed E-state index contributed by atoms with van der Waals surface area (Å²) in [5.41, 5.74) is 0. The summed E-state index contributed by atoms with van der Waals surface area (Å²) < 4.78 is 0. The highest BCUT2D eigenvalue weighted by Gasteiger charge is 1.94. The molecule has 0 saturated heterocycles. The number of carbonyl (C=O) groups excluding carboxylic acids is 1. The summed E-state index contributed by atoms with van der Waals surface area (Å²) in [6, 6.07) is 0. The zero-order chi connectivity index (χ0) is 19.8. The van der Waals surface area contributed by atoms with Crippen molar-refractivity contribution in [1.29, 1.82) is 0 Å². The van der Waals surface area contributed by atoms with Crippen LogP contribution in [0.5, 0.6) is 0 Å². The van der Waals surface area contributed by atoms with E-state index in [2.05, 4.69) is 77.5 Å². The predicted molar refractivity (Wildman–Crippen MR) is 115 cm³/mol. The highest BCUT2D eigenvalue weighted by molar-refractivity contribution is 5.81. The zero-order valence-corrected chi connectivity index (χ0v) is 17.0. The Morgan fingerprint density at radius 3 is 1.67 bits per heavy atom. The average Bonchev–Trinajstić information content (AvgIpc) is 2.68. The van der Waals surface area contributed by atoms with Gasteiger partial charge in [0, 0.05) is 6.08 Å². The van der Waals surface area contributed by atoms with E-state index in [1.807, 2.05) is 6.08 Å². The first-order valence-corrected chi connectivity index (χ1v) is 10.1. The van der Waals surface area contributed by atoms with Crippen LogP contribution in [-0.4, -0.2) is 12.6 Å². The van der Waals surface area contributed by atoms with Gasteiger partial charge in [0.25, 0.3) is 0 Å². The summed E-state index contributed by atoms with van der Waals surface area (Å²) in [6.45, 7) is 4.28. The molecule has 0 aromatic carbocycles. The van der Waals surface area contributed by atoms with Crippen molar-refractivity contribution in [3.63, 3.8) is 0 Å². The fourth-order valence-corrected chi connectivity index (χ4v) is 2.05. The summed E-state index contributed by atoms with van der Waals surface area (Å²) in [6.07, 6.45) is 33.2. The predicted octanol–water partition coefficient (Wildman–Crippen LogP) is 6.96. The van der Waals surface area contributed by atoms with E-state index in [9.17, 15) is 4.79 Å². The molecular weight excluding hydrogens is 336 g/mol. The lowest BCUT2D eigenvalue weighted by Gasteiger charge is -1.95. The number of unbranched alkanes of at least 4 members (excludes halogenated alkanes) is 2. The molecule has 0 atom stereocenters. The standard InChI is InChI=1S/C24H36O3/c1-3-5-6-7-8-9-10-11-12-13-14-15-16-17-18-19-20-21-22-23-24(25)27-26-4-2/h5-6,8-9,11-12,14-15,17-18,22-23H,3-4,7,10,13,16,19-21H2,1-2H3. The van der Waals surface area contributed by atoms with E-state index >= 15 is 0 Å². The van der Waals surface area contributed by atoms with Crippen LogP contribution in [-0.2, 0) is 14.6 Å². The number of rotatable bonds is 16. The Morgan fingerprint density at radius 1 is 0.667 bits per heavy atom. The third-order valence-electron chi connectivity index (χ3n) is 3.41. The van der Waals surface area contributed by atoms with Crippen molar-refractivity contribution in [2.75, 3.05) is 6.61 Å². The molecule has 0 spiro atoms. The smallest absolute Gasteiger partial charge is 0.294 e. The van der Waals surface area contributed by atoms with Crippen LogP contribution in [0.25, 0.3) is 0 Å². The fraction of sp³-hybridized carbons (Fsp3) is 0.458. The maximum absolute atomic E-state index is 11.1. The quantitative estimate of drug-likeness (QED) is 0.0965. The van der Waals surface area contributed by atoms with E-state index in [0.29, 0.717) is 6.61 Å². The van der Waals surface area contributed by atoms with Gasteiger partial charge in [-0.1, -0.05) is 73.8 Å². The van der Waals surface area contributed by atoms with Gasteiger partial charge in [0.1, 0.15) is 0 Å². The Morgan fingerprint density at radius 2 is 1.15 bits per heavy atom. The third kappa shape index (κ3) is 21.8. The summed E-state index contributed by atoms with van der Waals surface area (Å²) in [7, 11) is 0. The molecule has 0 aliphatic rings. The largest absolute Gasteiger partial charge is 0.365 e. The van der Waals surface area contributed by atoms with Crippen molar-refractivity contribution >= 4 is 5.97 Å².